The van der Waals surface area contributed by atoms with Gasteiger partial charge in [-0.05, 0) is 21.0 Å². The molecule has 0 amide bonds. The number of aromatic nitrogens is 2. The molecule has 5 heteroatoms. The Morgan fingerprint density at radius 3 is 2.35 bits per heavy atom. The number of likely N-dealkylation sites (N-methyl/N-ethyl adjacent to an activating group) is 1. The second-order valence-corrected chi connectivity index (χ2v) is 4.30. The molecule has 1 aromatic rings. The van der Waals surface area contributed by atoms with E-state index in [2.05, 4.69) is 46.5 Å². The van der Waals surface area contributed by atoms with Gasteiger partial charge >= 0.3 is 0 Å². The zero-order valence-corrected chi connectivity index (χ0v) is 11.5. The lowest BCUT2D eigenvalue weighted by Crippen LogP contribution is -2.22. The molecule has 1 heterocycles. The van der Waals surface area contributed by atoms with Crippen LogP contribution in [0.2, 0.25) is 0 Å². The standard InChI is InChI=1S/C12H23N5/c1-6-10-15-11(13-3)9(2)12(16-10)14-7-8-17(4)5/h6-8H2,1-5H3,(H2,13,14,15,16). The van der Waals surface area contributed by atoms with Crippen LogP contribution in [0.3, 0.4) is 0 Å². The summed E-state index contributed by atoms with van der Waals surface area (Å²) in [6.45, 7) is 5.97. The molecular weight excluding hydrogens is 214 g/mol. The van der Waals surface area contributed by atoms with E-state index in [1.165, 1.54) is 0 Å². The number of nitrogens with one attached hydrogen (secondary N) is 2. The Hall–Kier alpha value is -1.36. The summed E-state index contributed by atoms with van der Waals surface area (Å²) < 4.78 is 0. The average molecular weight is 237 g/mol. The summed E-state index contributed by atoms with van der Waals surface area (Å²) >= 11 is 0. The molecule has 1 aromatic heterocycles. The Labute approximate surface area is 104 Å². The molecule has 0 aliphatic rings. The van der Waals surface area contributed by atoms with Crippen molar-refractivity contribution in [2.75, 3.05) is 44.9 Å². The van der Waals surface area contributed by atoms with Crippen LogP contribution in [-0.2, 0) is 6.42 Å². The average Bonchev–Trinajstić information content (AvgIpc) is 2.31. The van der Waals surface area contributed by atoms with E-state index in [1.807, 2.05) is 14.0 Å². The summed E-state index contributed by atoms with van der Waals surface area (Å²) in [5.74, 6) is 2.71. The van der Waals surface area contributed by atoms with E-state index in [4.69, 9.17) is 0 Å². The molecule has 0 saturated heterocycles. The van der Waals surface area contributed by atoms with Gasteiger partial charge in [0.05, 0.1) is 0 Å². The highest BCUT2D eigenvalue weighted by molar-refractivity contribution is 5.56. The van der Waals surface area contributed by atoms with Gasteiger partial charge in [-0.1, -0.05) is 6.92 Å². The SMILES string of the molecule is CCc1nc(NC)c(C)c(NCCN(C)C)n1. The van der Waals surface area contributed by atoms with Crippen molar-refractivity contribution < 1.29 is 0 Å². The number of hydrogen-bond donors (Lipinski definition) is 2. The summed E-state index contributed by atoms with van der Waals surface area (Å²) in [6, 6.07) is 0. The summed E-state index contributed by atoms with van der Waals surface area (Å²) in [5, 5.41) is 6.47. The first-order valence-corrected chi connectivity index (χ1v) is 6.02. The molecule has 0 saturated carbocycles. The molecule has 0 fully saturated rings. The van der Waals surface area contributed by atoms with E-state index >= 15 is 0 Å². The fourth-order valence-electron chi connectivity index (χ4n) is 1.53. The van der Waals surface area contributed by atoms with Gasteiger partial charge in [-0.3, -0.25) is 0 Å². The van der Waals surface area contributed by atoms with Gasteiger partial charge in [0.2, 0.25) is 0 Å². The normalized spacial score (nSPS) is 10.7. The molecule has 0 atom stereocenters. The van der Waals surface area contributed by atoms with Gasteiger partial charge in [0.1, 0.15) is 17.5 Å². The largest absolute Gasteiger partial charge is 0.373 e. The van der Waals surface area contributed by atoms with Gasteiger partial charge in [0, 0.05) is 32.1 Å². The molecule has 0 radical (unpaired) electrons. The maximum atomic E-state index is 4.52. The van der Waals surface area contributed by atoms with Gasteiger partial charge < -0.3 is 15.5 Å². The van der Waals surface area contributed by atoms with Crippen LogP contribution in [0.5, 0.6) is 0 Å². The van der Waals surface area contributed by atoms with E-state index in [-0.39, 0.29) is 0 Å². The number of aryl methyl sites for hydroxylation is 1. The smallest absolute Gasteiger partial charge is 0.134 e. The Bertz CT molecular complexity index is 362. The molecule has 96 valence electrons. The van der Waals surface area contributed by atoms with Gasteiger partial charge in [0.15, 0.2) is 0 Å². The van der Waals surface area contributed by atoms with Crippen molar-refractivity contribution in [2.45, 2.75) is 20.3 Å². The minimum absolute atomic E-state index is 0.845. The maximum Gasteiger partial charge on any atom is 0.134 e. The van der Waals surface area contributed by atoms with E-state index in [0.29, 0.717) is 0 Å². The molecule has 0 bridgehead atoms. The summed E-state index contributed by atoms with van der Waals surface area (Å²) in [7, 11) is 6.01. The first-order chi connectivity index (χ1) is 8.08. The fourth-order valence-corrected chi connectivity index (χ4v) is 1.53. The first kappa shape index (κ1) is 13.7. The quantitative estimate of drug-likeness (QED) is 0.782. The Balaban J connectivity index is 2.82. The Morgan fingerprint density at radius 1 is 1.18 bits per heavy atom. The van der Waals surface area contributed by atoms with Crippen molar-refractivity contribution in [1.82, 2.24) is 14.9 Å². The molecule has 0 unspecified atom stereocenters. The van der Waals surface area contributed by atoms with Gasteiger partial charge in [0.25, 0.3) is 0 Å². The number of anilines is 2. The van der Waals surface area contributed by atoms with Crippen molar-refractivity contribution >= 4 is 11.6 Å². The second kappa shape index (κ2) is 6.39. The van der Waals surface area contributed by atoms with E-state index in [9.17, 15) is 0 Å². The number of rotatable bonds is 6. The van der Waals surface area contributed by atoms with Crippen molar-refractivity contribution in [2.24, 2.45) is 0 Å². The molecule has 0 aromatic carbocycles. The summed E-state index contributed by atoms with van der Waals surface area (Å²) in [4.78, 5) is 11.1. The minimum atomic E-state index is 0.845. The van der Waals surface area contributed by atoms with Crippen LogP contribution in [0.15, 0.2) is 0 Å². The zero-order valence-electron chi connectivity index (χ0n) is 11.5. The van der Waals surface area contributed by atoms with Crippen molar-refractivity contribution in [3.63, 3.8) is 0 Å². The van der Waals surface area contributed by atoms with Crippen LogP contribution in [-0.4, -0.2) is 49.1 Å². The molecule has 2 N–H and O–H groups in total. The third-order valence-corrected chi connectivity index (χ3v) is 2.60. The Morgan fingerprint density at radius 2 is 1.82 bits per heavy atom. The van der Waals surface area contributed by atoms with Crippen molar-refractivity contribution in [3.05, 3.63) is 11.4 Å². The topological polar surface area (TPSA) is 53.1 Å². The molecular formula is C12H23N5. The van der Waals surface area contributed by atoms with Gasteiger partial charge in [-0.2, -0.15) is 0 Å². The van der Waals surface area contributed by atoms with Gasteiger partial charge in [-0.15, -0.1) is 0 Å². The van der Waals surface area contributed by atoms with Crippen LogP contribution in [0.25, 0.3) is 0 Å². The van der Waals surface area contributed by atoms with Crippen LogP contribution in [0.1, 0.15) is 18.3 Å². The molecule has 0 aliphatic carbocycles. The monoisotopic (exact) mass is 237 g/mol. The van der Waals surface area contributed by atoms with Crippen molar-refractivity contribution in [3.8, 4) is 0 Å². The Kier molecular flexibility index (Phi) is 5.15. The lowest BCUT2D eigenvalue weighted by molar-refractivity contribution is 0.425. The molecule has 1 rings (SSSR count). The molecule has 0 spiro atoms. The molecule has 5 nitrogen and oxygen atoms in total. The number of nitrogens with zero attached hydrogens (tertiary/aromatic N) is 3. The van der Waals surface area contributed by atoms with Crippen LogP contribution >= 0.6 is 0 Å². The van der Waals surface area contributed by atoms with E-state index in [1.54, 1.807) is 0 Å². The third kappa shape index (κ3) is 3.85. The summed E-state index contributed by atoms with van der Waals surface area (Å²) in [6.07, 6.45) is 0.845. The molecule has 0 aliphatic heterocycles. The predicted octanol–water partition coefficient (Wildman–Crippen LogP) is 1.36. The predicted molar refractivity (Wildman–Crippen MR) is 72.7 cm³/mol. The highest BCUT2D eigenvalue weighted by Crippen LogP contribution is 2.19. The highest BCUT2D eigenvalue weighted by Gasteiger charge is 2.08. The lowest BCUT2D eigenvalue weighted by atomic mass is 10.3. The highest BCUT2D eigenvalue weighted by atomic mass is 15.1. The third-order valence-electron chi connectivity index (χ3n) is 2.60. The first-order valence-electron chi connectivity index (χ1n) is 6.02. The minimum Gasteiger partial charge on any atom is -0.373 e. The summed E-state index contributed by atoms with van der Waals surface area (Å²) in [5.41, 5.74) is 1.07. The lowest BCUT2D eigenvalue weighted by Gasteiger charge is -2.15. The molecule has 17 heavy (non-hydrogen) atoms. The fraction of sp³-hybridized carbons (Fsp3) is 0.667. The van der Waals surface area contributed by atoms with Gasteiger partial charge in [-0.25, -0.2) is 9.97 Å². The van der Waals surface area contributed by atoms with Crippen LogP contribution in [0.4, 0.5) is 11.6 Å². The van der Waals surface area contributed by atoms with Crippen LogP contribution < -0.4 is 10.6 Å². The van der Waals surface area contributed by atoms with E-state index < -0.39 is 0 Å². The van der Waals surface area contributed by atoms with E-state index in [0.717, 1.165) is 42.5 Å². The zero-order chi connectivity index (χ0) is 12.8. The van der Waals surface area contributed by atoms with Crippen LogP contribution in [0, 0.1) is 6.92 Å². The number of hydrogen-bond acceptors (Lipinski definition) is 5. The van der Waals surface area contributed by atoms with Crippen molar-refractivity contribution in [1.29, 1.82) is 0 Å². The maximum absolute atomic E-state index is 4.52. The second-order valence-electron chi connectivity index (χ2n) is 4.30.